The van der Waals surface area contributed by atoms with Gasteiger partial charge in [0.1, 0.15) is 10.7 Å². The van der Waals surface area contributed by atoms with E-state index in [-0.39, 0.29) is 16.3 Å². The van der Waals surface area contributed by atoms with Crippen molar-refractivity contribution in [2.24, 2.45) is 0 Å². The summed E-state index contributed by atoms with van der Waals surface area (Å²) in [6, 6.07) is 16.3. The number of anilines is 1. The molecule has 0 aliphatic heterocycles. The van der Waals surface area contributed by atoms with Crippen molar-refractivity contribution in [2.45, 2.75) is 71.1 Å². The Kier molecular flexibility index (Phi) is 12.9. The van der Waals surface area contributed by atoms with Gasteiger partial charge in [0, 0.05) is 11.3 Å². The standard InChI is InChI=1S/C28H37NO3S/c1-2-3-4-5-6-7-8-9-10-14-21-32-25-19-17-23(18-20-25)27(31)26(22-30)28(33)29-24-15-12-11-13-16-24/h11-13,15-20,22,30H,2-10,14,21H2,1H3,(H,29,33). The molecule has 33 heavy (non-hydrogen) atoms. The largest absolute Gasteiger partial charge is 0.515 e. The van der Waals surface area contributed by atoms with E-state index in [9.17, 15) is 9.90 Å². The molecule has 0 bridgehead atoms. The van der Waals surface area contributed by atoms with Crippen LogP contribution in [0.2, 0.25) is 0 Å². The molecule has 0 aliphatic rings. The van der Waals surface area contributed by atoms with Gasteiger partial charge in [0.15, 0.2) is 5.78 Å². The van der Waals surface area contributed by atoms with E-state index >= 15 is 0 Å². The van der Waals surface area contributed by atoms with E-state index in [0.29, 0.717) is 12.2 Å². The second-order valence-electron chi connectivity index (χ2n) is 8.25. The monoisotopic (exact) mass is 467 g/mol. The Morgan fingerprint density at radius 3 is 2.03 bits per heavy atom. The van der Waals surface area contributed by atoms with Gasteiger partial charge in [-0.15, -0.1) is 0 Å². The van der Waals surface area contributed by atoms with E-state index in [0.717, 1.165) is 24.1 Å². The maximum Gasteiger partial charge on any atom is 0.199 e. The Balaban J connectivity index is 1.69. The van der Waals surface area contributed by atoms with Crippen LogP contribution in [0, 0.1) is 0 Å². The van der Waals surface area contributed by atoms with E-state index in [4.69, 9.17) is 17.0 Å². The average Bonchev–Trinajstić information content (AvgIpc) is 2.84. The minimum atomic E-state index is -0.341. The summed E-state index contributed by atoms with van der Waals surface area (Å²) in [4.78, 5) is 13.0. The molecule has 0 radical (unpaired) electrons. The number of aliphatic hydroxyl groups is 1. The third-order valence-electron chi connectivity index (χ3n) is 5.53. The highest BCUT2D eigenvalue weighted by Crippen LogP contribution is 2.18. The van der Waals surface area contributed by atoms with Crippen LogP contribution in [0.1, 0.15) is 81.5 Å². The maximum absolute atomic E-state index is 12.8. The molecule has 0 fully saturated rings. The normalized spacial score (nSPS) is 11.2. The van der Waals surface area contributed by atoms with E-state index in [1.54, 1.807) is 24.3 Å². The fourth-order valence-electron chi connectivity index (χ4n) is 3.58. The minimum Gasteiger partial charge on any atom is -0.515 e. The summed E-state index contributed by atoms with van der Waals surface area (Å²) >= 11 is 5.31. The second-order valence-corrected chi connectivity index (χ2v) is 8.66. The number of thiocarbonyl (C=S) groups is 1. The van der Waals surface area contributed by atoms with Crippen LogP contribution in [-0.2, 0) is 0 Å². The number of Topliss-reactive ketones (excluding diaryl/α,β-unsaturated/α-hetero) is 1. The number of para-hydroxylation sites is 1. The first-order chi connectivity index (χ1) is 16.2. The molecule has 2 rings (SSSR count). The van der Waals surface area contributed by atoms with Crippen molar-refractivity contribution in [3.8, 4) is 5.75 Å². The van der Waals surface area contributed by atoms with Crippen molar-refractivity contribution in [3.63, 3.8) is 0 Å². The summed E-state index contributed by atoms with van der Waals surface area (Å²) in [5.41, 5.74) is 1.25. The summed E-state index contributed by atoms with van der Waals surface area (Å²) in [6.45, 7) is 2.93. The number of ketones is 1. The molecule has 2 aromatic rings. The molecule has 0 amide bonds. The molecule has 0 spiro atoms. The molecule has 0 saturated carbocycles. The number of ether oxygens (including phenoxy) is 1. The Bertz CT molecular complexity index is 862. The number of benzene rings is 2. The zero-order valence-corrected chi connectivity index (χ0v) is 20.5. The summed E-state index contributed by atoms with van der Waals surface area (Å²) in [5, 5.41) is 12.6. The smallest absolute Gasteiger partial charge is 0.199 e. The van der Waals surface area contributed by atoms with Gasteiger partial charge in [-0.25, -0.2) is 0 Å². The van der Waals surface area contributed by atoms with Gasteiger partial charge in [0.05, 0.1) is 18.4 Å². The maximum atomic E-state index is 12.8. The van der Waals surface area contributed by atoms with Crippen molar-refractivity contribution in [2.75, 3.05) is 11.9 Å². The third-order valence-corrected chi connectivity index (χ3v) is 5.86. The van der Waals surface area contributed by atoms with Gasteiger partial charge in [-0.05, 0) is 42.8 Å². The van der Waals surface area contributed by atoms with Gasteiger partial charge < -0.3 is 15.2 Å². The van der Waals surface area contributed by atoms with Crippen LogP contribution < -0.4 is 10.1 Å². The van der Waals surface area contributed by atoms with Crippen LogP contribution in [0.5, 0.6) is 5.75 Å². The molecule has 0 saturated heterocycles. The van der Waals surface area contributed by atoms with Crippen molar-refractivity contribution in [1.29, 1.82) is 0 Å². The van der Waals surface area contributed by atoms with Crippen LogP contribution in [0.15, 0.2) is 66.4 Å². The van der Waals surface area contributed by atoms with Crippen LogP contribution in [-0.4, -0.2) is 22.5 Å². The number of rotatable bonds is 16. The summed E-state index contributed by atoms with van der Waals surface area (Å²) in [5.74, 6) is 0.397. The molecule has 0 heterocycles. The molecule has 4 nitrogen and oxygen atoms in total. The number of hydrogen-bond donors (Lipinski definition) is 2. The van der Waals surface area contributed by atoms with Crippen molar-refractivity contribution in [3.05, 3.63) is 72.0 Å². The Hall–Kier alpha value is -2.66. The summed E-state index contributed by atoms with van der Waals surface area (Å²) in [7, 11) is 0. The molecular weight excluding hydrogens is 430 g/mol. The van der Waals surface area contributed by atoms with Crippen LogP contribution in [0.4, 0.5) is 5.69 Å². The lowest BCUT2D eigenvalue weighted by atomic mass is 10.0. The first-order valence-corrected chi connectivity index (χ1v) is 12.5. The predicted octanol–water partition coefficient (Wildman–Crippen LogP) is 8.05. The number of carbonyl (C=O) groups excluding carboxylic acids is 1. The first-order valence-electron chi connectivity index (χ1n) is 12.1. The van der Waals surface area contributed by atoms with E-state index < -0.39 is 0 Å². The fraction of sp³-hybridized carbons (Fsp3) is 0.429. The van der Waals surface area contributed by atoms with Crippen LogP contribution in [0.3, 0.4) is 0 Å². The van der Waals surface area contributed by atoms with E-state index in [1.807, 2.05) is 30.3 Å². The quantitative estimate of drug-likeness (QED) is 0.0859. The van der Waals surface area contributed by atoms with Gasteiger partial charge in [-0.2, -0.15) is 0 Å². The van der Waals surface area contributed by atoms with Gasteiger partial charge >= 0.3 is 0 Å². The lowest BCUT2D eigenvalue weighted by molar-refractivity contribution is 0.103. The van der Waals surface area contributed by atoms with E-state index in [2.05, 4.69) is 12.2 Å². The zero-order valence-electron chi connectivity index (χ0n) is 19.7. The molecule has 178 valence electrons. The highest BCUT2D eigenvalue weighted by atomic mass is 32.1. The number of hydrogen-bond acceptors (Lipinski definition) is 4. The molecule has 0 unspecified atom stereocenters. The lowest BCUT2D eigenvalue weighted by Gasteiger charge is -2.11. The topological polar surface area (TPSA) is 58.6 Å². The number of aliphatic hydroxyl groups excluding tert-OH is 1. The first kappa shape index (κ1) is 26.6. The van der Waals surface area contributed by atoms with Crippen LogP contribution >= 0.6 is 12.2 Å². The van der Waals surface area contributed by atoms with Gasteiger partial charge in [-0.3, -0.25) is 4.79 Å². The molecule has 0 atom stereocenters. The summed E-state index contributed by atoms with van der Waals surface area (Å²) in [6.07, 6.45) is 13.7. The van der Waals surface area contributed by atoms with Gasteiger partial charge in [0.25, 0.3) is 0 Å². The van der Waals surface area contributed by atoms with Gasteiger partial charge in [0.2, 0.25) is 0 Å². The second kappa shape index (κ2) is 16.0. The number of unbranched alkanes of at least 4 members (excludes halogenated alkanes) is 9. The SMILES string of the molecule is CCCCCCCCCCCCOc1ccc(C(=O)C(=CO)C(=S)Nc2ccccc2)cc1. The molecule has 0 aromatic heterocycles. The molecule has 2 aromatic carbocycles. The minimum absolute atomic E-state index is 0.0490. The molecular formula is C28H37NO3S. The number of nitrogens with one attached hydrogen (secondary N) is 1. The van der Waals surface area contributed by atoms with Gasteiger partial charge in [-0.1, -0.05) is 95.1 Å². The van der Waals surface area contributed by atoms with E-state index in [1.165, 1.54) is 57.8 Å². The lowest BCUT2D eigenvalue weighted by Crippen LogP contribution is -2.19. The zero-order chi connectivity index (χ0) is 23.7. The van der Waals surface area contributed by atoms with Crippen molar-refractivity contribution < 1.29 is 14.6 Å². The Morgan fingerprint density at radius 1 is 0.879 bits per heavy atom. The summed E-state index contributed by atoms with van der Waals surface area (Å²) < 4.78 is 5.81. The van der Waals surface area contributed by atoms with Crippen molar-refractivity contribution >= 4 is 28.7 Å². The highest BCUT2D eigenvalue weighted by molar-refractivity contribution is 7.81. The molecule has 2 N–H and O–H groups in total. The Morgan fingerprint density at radius 2 is 1.45 bits per heavy atom. The predicted molar refractivity (Wildman–Crippen MR) is 141 cm³/mol. The number of carbonyl (C=O) groups is 1. The third kappa shape index (κ3) is 10.2. The molecule has 0 aliphatic carbocycles. The Labute approximate surface area is 204 Å². The van der Waals surface area contributed by atoms with Crippen LogP contribution in [0.25, 0.3) is 0 Å². The average molecular weight is 468 g/mol. The van der Waals surface area contributed by atoms with Crippen molar-refractivity contribution in [1.82, 2.24) is 0 Å². The fourth-order valence-corrected chi connectivity index (χ4v) is 3.84. The highest BCUT2D eigenvalue weighted by Gasteiger charge is 2.17. The molecule has 5 heteroatoms.